The van der Waals surface area contributed by atoms with Gasteiger partial charge in [-0.2, -0.15) is 10.2 Å². The van der Waals surface area contributed by atoms with E-state index in [0.717, 1.165) is 17.0 Å². The minimum absolute atomic E-state index is 0.0719. The van der Waals surface area contributed by atoms with Crippen molar-refractivity contribution in [3.05, 3.63) is 125 Å². The van der Waals surface area contributed by atoms with Gasteiger partial charge in [-0.1, -0.05) is 29.8 Å². The molecule has 0 aliphatic carbocycles. The minimum atomic E-state index is -3.80. The number of hydrazone groups is 1. The van der Waals surface area contributed by atoms with E-state index in [9.17, 15) is 13.2 Å². The average Bonchev–Trinajstić information content (AvgIpc) is 3.42. The van der Waals surface area contributed by atoms with Gasteiger partial charge in [0.15, 0.2) is 0 Å². The van der Waals surface area contributed by atoms with Gasteiger partial charge in [0.2, 0.25) is 0 Å². The molecule has 0 aliphatic rings. The maximum absolute atomic E-state index is 12.7. The Labute approximate surface area is 242 Å². The van der Waals surface area contributed by atoms with Crippen molar-refractivity contribution < 1.29 is 17.9 Å². The van der Waals surface area contributed by atoms with Crippen molar-refractivity contribution in [1.29, 1.82) is 0 Å². The highest BCUT2D eigenvalue weighted by Gasteiger charge is 2.15. The number of carbonyl (C=O) groups excluding carboxylic acids is 1. The van der Waals surface area contributed by atoms with Crippen molar-refractivity contribution in [2.45, 2.75) is 4.90 Å². The third kappa shape index (κ3) is 6.63. The Morgan fingerprint density at radius 3 is 2.27 bits per heavy atom. The van der Waals surface area contributed by atoms with Crippen LogP contribution in [0.1, 0.15) is 15.9 Å². The highest BCUT2D eigenvalue weighted by Crippen LogP contribution is 2.25. The summed E-state index contributed by atoms with van der Waals surface area (Å²) in [7, 11) is -2.20. The molecule has 5 rings (SSSR count). The number of hydrogen-bond donors (Lipinski definition) is 2. The first-order valence-corrected chi connectivity index (χ1v) is 14.2. The largest absolute Gasteiger partial charge is 0.497 e. The van der Waals surface area contributed by atoms with Gasteiger partial charge < -0.3 is 4.74 Å². The van der Waals surface area contributed by atoms with Crippen molar-refractivity contribution >= 4 is 39.4 Å². The summed E-state index contributed by atoms with van der Waals surface area (Å²) in [6.45, 7) is 0. The molecule has 1 heterocycles. The zero-order valence-corrected chi connectivity index (χ0v) is 23.3. The van der Waals surface area contributed by atoms with Crippen molar-refractivity contribution in [3.63, 3.8) is 0 Å². The van der Waals surface area contributed by atoms with Gasteiger partial charge in [-0.05, 0) is 84.9 Å². The SMILES string of the molecule is COc1ccc(-c2nn(-c3ccccc3)cc2/C=N\NC(=O)c2ccc(NS(=O)(=O)c3ccc(Cl)cc3)cc2)cc1. The van der Waals surface area contributed by atoms with Gasteiger partial charge in [-0.25, -0.2) is 18.5 Å². The van der Waals surface area contributed by atoms with Gasteiger partial charge in [0.1, 0.15) is 11.4 Å². The van der Waals surface area contributed by atoms with E-state index in [-0.39, 0.29) is 4.90 Å². The molecule has 1 amide bonds. The van der Waals surface area contributed by atoms with Crippen LogP contribution in [-0.4, -0.2) is 37.4 Å². The number of hydrogen-bond acceptors (Lipinski definition) is 6. The normalized spacial score (nSPS) is 11.4. The van der Waals surface area contributed by atoms with Crippen LogP contribution in [0.25, 0.3) is 16.9 Å². The first-order valence-electron chi connectivity index (χ1n) is 12.3. The number of halogens is 1. The molecule has 0 atom stereocenters. The smallest absolute Gasteiger partial charge is 0.271 e. The molecule has 0 fully saturated rings. The molecule has 0 saturated heterocycles. The van der Waals surface area contributed by atoms with E-state index in [1.54, 1.807) is 11.8 Å². The molecule has 11 heteroatoms. The third-order valence-corrected chi connectivity index (χ3v) is 7.67. The fourth-order valence-electron chi connectivity index (χ4n) is 3.91. The number of sulfonamides is 1. The number of nitrogens with one attached hydrogen (secondary N) is 2. The highest BCUT2D eigenvalue weighted by atomic mass is 35.5. The molecule has 0 spiro atoms. The Bertz CT molecular complexity index is 1790. The second-order valence-corrected chi connectivity index (χ2v) is 10.9. The predicted molar refractivity (Wildman–Crippen MR) is 159 cm³/mol. The van der Waals surface area contributed by atoms with E-state index in [4.69, 9.17) is 21.4 Å². The van der Waals surface area contributed by atoms with E-state index in [1.807, 2.05) is 60.8 Å². The Morgan fingerprint density at radius 2 is 1.61 bits per heavy atom. The number of nitrogens with zero attached hydrogens (tertiary/aromatic N) is 3. The zero-order valence-electron chi connectivity index (χ0n) is 21.7. The number of para-hydroxylation sites is 1. The van der Waals surface area contributed by atoms with Gasteiger partial charge in [-0.15, -0.1) is 0 Å². The minimum Gasteiger partial charge on any atom is -0.497 e. The van der Waals surface area contributed by atoms with E-state index in [0.29, 0.717) is 27.5 Å². The van der Waals surface area contributed by atoms with Crippen LogP contribution in [0.15, 0.2) is 119 Å². The van der Waals surface area contributed by atoms with Gasteiger partial charge in [0, 0.05) is 33.6 Å². The van der Waals surface area contributed by atoms with Gasteiger partial charge in [-0.3, -0.25) is 9.52 Å². The monoisotopic (exact) mass is 585 g/mol. The Kier molecular flexibility index (Phi) is 8.14. The number of methoxy groups -OCH3 is 1. The summed E-state index contributed by atoms with van der Waals surface area (Å²) >= 11 is 5.84. The van der Waals surface area contributed by atoms with Crippen molar-refractivity contribution in [1.82, 2.24) is 15.2 Å². The molecule has 0 saturated carbocycles. The lowest BCUT2D eigenvalue weighted by atomic mass is 10.1. The van der Waals surface area contributed by atoms with Gasteiger partial charge in [0.25, 0.3) is 15.9 Å². The van der Waals surface area contributed by atoms with Gasteiger partial charge in [0.05, 0.1) is 23.9 Å². The molecule has 41 heavy (non-hydrogen) atoms. The van der Waals surface area contributed by atoms with Crippen LogP contribution >= 0.6 is 11.6 Å². The summed E-state index contributed by atoms with van der Waals surface area (Å²) < 4.78 is 34.7. The van der Waals surface area contributed by atoms with E-state index >= 15 is 0 Å². The Morgan fingerprint density at radius 1 is 0.927 bits per heavy atom. The standard InChI is InChI=1S/C30H24ClN5O4S/c1-40-27-15-9-21(10-16-27)29-23(20-36(34-29)26-5-3-2-4-6-26)19-32-33-30(37)22-7-13-25(14-8-22)35-41(38,39)28-17-11-24(31)12-18-28/h2-20,35H,1H3,(H,33,37)/b32-19-. The summed E-state index contributed by atoms with van der Waals surface area (Å²) in [6.07, 6.45) is 3.35. The second-order valence-electron chi connectivity index (χ2n) is 8.78. The van der Waals surface area contributed by atoms with Crippen LogP contribution < -0.4 is 14.9 Å². The van der Waals surface area contributed by atoms with Crippen LogP contribution in [-0.2, 0) is 10.0 Å². The molecular formula is C30H24ClN5O4S. The number of aromatic nitrogens is 2. The number of anilines is 1. The lowest BCUT2D eigenvalue weighted by molar-refractivity contribution is 0.0955. The van der Waals surface area contributed by atoms with Crippen LogP contribution in [0.2, 0.25) is 5.02 Å². The molecule has 0 aliphatic heterocycles. The predicted octanol–water partition coefficient (Wildman–Crippen LogP) is 5.77. The summed E-state index contributed by atoms with van der Waals surface area (Å²) in [5.41, 5.74) is 6.20. The first kappa shape index (κ1) is 27.6. The summed E-state index contributed by atoms with van der Waals surface area (Å²) in [4.78, 5) is 12.8. The number of carbonyl (C=O) groups is 1. The first-order chi connectivity index (χ1) is 19.8. The number of amides is 1. The van der Waals surface area contributed by atoms with E-state index in [2.05, 4.69) is 15.2 Å². The highest BCUT2D eigenvalue weighted by molar-refractivity contribution is 7.92. The molecule has 2 N–H and O–H groups in total. The van der Waals surface area contributed by atoms with Crippen LogP contribution in [0.4, 0.5) is 5.69 Å². The lowest BCUT2D eigenvalue weighted by Crippen LogP contribution is -2.18. The molecular weight excluding hydrogens is 562 g/mol. The number of benzene rings is 4. The quantitative estimate of drug-likeness (QED) is 0.168. The summed E-state index contributed by atoms with van der Waals surface area (Å²) in [6, 6.07) is 28.9. The molecule has 4 aromatic carbocycles. The molecule has 1 aromatic heterocycles. The number of rotatable bonds is 9. The van der Waals surface area contributed by atoms with Crippen LogP contribution in [0.3, 0.4) is 0 Å². The average molecular weight is 586 g/mol. The fourth-order valence-corrected chi connectivity index (χ4v) is 5.10. The molecule has 0 bridgehead atoms. The Hall–Kier alpha value is -4.93. The topological polar surface area (TPSA) is 115 Å². The maximum Gasteiger partial charge on any atom is 0.271 e. The molecule has 0 radical (unpaired) electrons. The molecule has 5 aromatic rings. The number of ether oxygens (including phenoxy) is 1. The van der Waals surface area contributed by atoms with Crippen molar-refractivity contribution in [2.24, 2.45) is 5.10 Å². The molecule has 9 nitrogen and oxygen atoms in total. The van der Waals surface area contributed by atoms with E-state index < -0.39 is 15.9 Å². The fraction of sp³-hybridized carbons (Fsp3) is 0.0333. The Balaban J connectivity index is 1.30. The summed E-state index contributed by atoms with van der Waals surface area (Å²) in [5.74, 6) is 0.261. The maximum atomic E-state index is 12.7. The lowest BCUT2D eigenvalue weighted by Gasteiger charge is -2.08. The van der Waals surface area contributed by atoms with Crippen molar-refractivity contribution in [2.75, 3.05) is 11.8 Å². The third-order valence-electron chi connectivity index (χ3n) is 6.02. The van der Waals surface area contributed by atoms with Crippen LogP contribution in [0, 0.1) is 0 Å². The second kappa shape index (κ2) is 12.1. The van der Waals surface area contributed by atoms with Crippen LogP contribution in [0.5, 0.6) is 5.75 Å². The van der Waals surface area contributed by atoms with Crippen molar-refractivity contribution in [3.8, 4) is 22.7 Å². The molecule has 0 unspecified atom stereocenters. The van der Waals surface area contributed by atoms with E-state index in [1.165, 1.54) is 54.7 Å². The zero-order chi connectivity index (χ0) is 28.8. The molecule has 206 valence electrons. The summed E-state index contributed by atoms with van der Waals surface area (Å²) in [5, 5.41) is 9.32. The van der Waals surface area contributed by atoms with Gasteiger partial charge >= 0.3 is 0 Å².